The number of ether oxygens (including phenoxy) is 1. The molecular weight excluding hydrogens is 414 g/mol. The van der Waals surface area contributed by atoms with Crippen LogP contribution in [0.4, 0.5) is 0 Å². The standard InChI is InChI=1S/C23H27N3O4S/c1-30-20-9-10-21-18(15-20)11-14-25(21)17-23(27)24-16-19-7-3-4-8-22(19)31(28,29)26-12-5-2-6-13-26/h3-4,7-11,14-15H,2,5-6,12-13,16-17H2,1H3,(H,24,27). The van der Waals surface area contributed by atoms with Crippen molar-refractivity contribution < 1.29 is 17.9 Å². The van der Waals surface area contributed by atoms with Gasteiger partial charge in [-0.05, 0) is 48.7 Å². The molecule has 0 unspecified atom stereocenters. The maximum absolute atomic E-state index is 13.1. The van der Waals surface area contributed by atoms with E-state index in [9.17, 15) is 13.2 Å². The minimum atomic E-state index is -3.56. The van der Waals surface area contributed by atoms with Crippen LogP contribution >= 0.6 is 0 Å². The third kappa shape index (κ3) is 4.60. The molecule has 0 spiro atoms. The monoisotopic (exact) mass is 441 g/mol. The fourth-order valence-electron chi connectivity index (χ4n) is 3.99. The summed E-state index contributed by atoms with van der Waals surface area (Å²) in [6.07, 6.45) is 4.69. The number of aromatic nitrogens is 1. The lowest BCUT2D eigenvalue weighted by atomic mass is 10.2. The molecule has 1 aromatic heterocycles. The maximum Gasteiger partial charge on any atom is 0.243 e. The van der Waals surface area contributed by atoms with Crippen molar-refractivity contribution >= 4 is 26.8 Å². The first-order valence-electron chi connectivity index (χ1n) is 10.5. The number of rotatable bonds is 7. The Hall–Kier alpha value is -2.84. The highest BCUT2D eigenvalue weighted by atomic mass is 32.2. The number of carbonyl (C=O) groups excluding carboxylic acids is 1. The van der Waals surface area contributed by atoms with Crippen LogP contribution in [0.5, 0.6) is 5.75 Å². The number of hydrogen-bond donors (Lipinski definition) is 1. The molecule has 2 aromatic carbocycles. The molecule has 1 amide bonds. The van der Waals surface area contributed by atoms with Crippen molar-refractivity contribution in [3.8, 4) is 5.75 Å². The van der Waals surface area contributed by atoms with Gasteiger partial charge in [0.1, 0.15) is 12.3 Å². The van der Waals surface area contributed by atoms with Gasteiger partial charge in [-0.25, -0.2) is 8.42 Å². The average molecular weight is 442 g/mol. The van der Waals surface area contributed by atoms with Gasteiger partial charge in [0.15, 0.2) is 0 Å². The van der Waals surface area contributed by atoms with E-state index in [0.29, 0.717) is 18.7 Å². The zero-order valence-electron chi connectivity index (χ0n) is 17.6. The van der Waals surface area contributed by atoms with Crippen molar-refractivity contribution in [2.45, 2.75) is 37.2 Å². The average Bonchev–Trinajstić information content (AvgIpc) is 3.20. The molecule has 4 rings (SSSR count). The predicted octanol–water partition coefficient (Wildman–Crippen LogP) is 3.14. The van der Waals surface area contributed by atoms with Gasteiger partial charge in [-0.15, -0.1) is 0 Å². The van der Waals surface area contributed by atoms with E-state index in [1.165, 1.54) is 0 Å². The van der Waals surface area contributed by atoms with Crippen molar-refractivity contribution in [1.29, 1.82) is 0 Å². The number of fused-ring (bicyclic) bond motifs is 1. The molecular formula is C23H27N3O4S. The van der Waals surface area contributed by atoms with Crippen molar-refractivity contribution in [2.75, 3.05) is 20.2 Å². The van der Waals surface area contributed by atoms with Gasteiger partial charge in [-0.2, -0.15) is 4.31 Å². The zero-order valence-corrected chi connectivity index (χ0v) is 18.4. The van der Waals surface area contributed by atoms with E-state index in [-0.39, 0.29) is 23.9 Å². The largest absolute Gasteiger partial charge is 0.497 e. The first-order valence-corrected chi connectivity index (χ1v) is 11.9. The molecule has 31 heavy (non-hydrogen) atoms. The summed E-state index contributed by atoms with van der Waals surface area (Å²) in [7, 11) is -1.94. The summed E-state index contributed by atoms with van der Waals surface area (Å²) in [4.78, 5) is 12.9. The first-order chi connectivity index (χ1) is 15.0. The predicted molar refractivity (Wildman–Crippen MR) is 119 cm³/mol. The quantitative estimate of drug-likeness (QED) is 0.611. The second-order valence-electron chi connectivity index (χ2n) is 7.72. The smallest absolute Gasteiger partial charge is 0.243 e. The van der Waals surface area contributed by atoms with Gasteiger partial charge in [-0.3, -0.25) is 4.79 Å². The van der Waals surface area contributed by atoms with Gasteiger partial charge in [-0.1, -0.05) is 24.6 Å². The van der Waals surface area contributed by atoms with E-state index in [0.717, 1.165) is 35.9 Å². The molecule has 1 saturated heterocycles. The third-order valence-corrected chi connectivity index (χ3v) is 7.67. The second-order valence-corrected chi connectivity index (χ2v) is 9.62. The molecule has 2 heterocycles. The van der Waals surface area contributed by atoms with Crippen molar-refractivity contribution in [3.05, 3.63) is 60.3 Å². The molecule has 0 bridgehead atoms. The third-order valence-electron chi connectivity index (χ3n) is 5.67. The van der Waals surface area contributed by atoms with E-state index in [4.69, 9.17) is 4.74 Å². The molecule has 0 radical (unpaired) electrons. The second kappa shape index (κ2) is 9.11. The van der Waals surface area contributed by atoms with Crippen LogP contribution in [-0.2, 0) is 27.9 Å². The fraction of sp³-hybridized carbons (Fsp3) is 0.348. The van der Waals surface area contributed by atoms with E-state index in [2.05, 4.69) is 5.32 Å². The summed E-state index contributed by atoms with van der Waals surface area (Å²) in [5, 5.41) is 3.86. The minimum absolute atomic E-state index is 0.150. The molecule has 0 aliphatic carbocycles. The number of piperidine rings is 1. The minimum Gasteiger partial charge on any atom is -0.497 e. The number of benzene rings is 2. The molecule has 1 fully saturated rings. The van der Waals surface area contributed by atoms with Crippen molar-refractivity contribution in [3.63, 3.8) is 0 Å². The summed E-state index contributed by atoms with van der Waals surface area (Å²) >= 11 is 0. The Bertz CT molecular complexity index is 1180. The van der Waals surface area contributed by atoms with Crippen LogP contribution in [0.2, 0.25) is 0 Å². The highest BCUT2D eigenvalue weighted by Crippen LogP contribution is 2.24. The Morgan fingerprint density at radius 3 is 2.61 bits per heavy atom. The lowest BCUT2D eigenvalue weighted by molar-refractivity contribution is -0.121. The lowest BCUT2D eigenvalue weighted by Gasteiger charge is -2.26. The van der Waals surface area contributed by atoms with Crippen LogP contribution in [0.15, 0.2) is 59.6 Å². The van der Waals surface area contributed by atoms with Crippen molar-refractivity contribution in [2.24, 2.45) is 0 Å². The molecule has 164 valence electrons. The van der Waals surface area contributed by atoms with Crippen LogP contribution in [-0.4, -0.2) is 43.4 Å². The number of hydrogen-bond acceptors (Lipinski definition) is 4. The van der Waals surface area contributed by atoms with Gasteiger partial charge >= 0.3 is 0 Å². The summed E-state index contributed by atoms with van der Waals surface area (Å²) in [6, 6.07) is 14.5. The van der Waals surface area contributed by atoms with Crippen LogP contribution in [0.1, 0.15) is 24.8 Å². The van der Waals surface area contributed by atoms with E-state index in [1.807, 2.05) is 35.0 Å². The zero-order chi connectivity index (χ0) is 21.8. The Kier molecular flexibility index (Phi) is 6.29. The van der Waals surface area contributed by atoms with Gasteiger partial charge in [0, 0.05) is 36.7 Å². The lowest BCUT2D eigenvalue weighted by Crippen LogP contribution is -2.36. The summed E-state index contributed by atoms with van der Waals surface area (Å²) in [6.45, 7) is 1.41. The Balaban J connectivity index is 1.46. The van der Waals surface area contributed by atoms with Crippen LogP contribution in [0, 0.1) is 0 Å². The Morgan fingerprint density at radius 1 is 1.06 bits per heavy atom. The molecule has 7 nitrogen and oxygen atoms in total. The number of nitrogens with zero attached hydrogens (tertiary/aromatic N) is 2. The van der Waals surface area contributed by atoms with Gasteiger partial charge in [0.05, 0.1) is 12.0 Å². The van der Waals surface area contributed by atoms with E-state index >= 15 is 0 Å². The highest BCUT2D eigenvalue weighted by Gasteiger charge is 2.27. The summed E-state index contributed by atoms with van der Waals surface area (Å²) in [5.74, 6) is 0.583. The molecule has 0 atom stereocenters. The number of nitrogens with one attached hydrogen (secondary N) is 1. The highest BCUT2D eigenvalue weighted by molar-refractivity contribution is 7.89. The summed E-state index contributed by atoms with van der Waals surface area (Å²) in [5.41, 5.74) is 1.53. The van der Waals surface area contributed by atoms with Crippen LogP contribution < -0.4 is 10.1 Å². The number of carbonyl (C=O) groups is 1. The first kappa shape index (κ1) is 21.4. The molecule has 0 saturated carbocycles. The van der Waals surface area contributed by atoms with Gasteiger partial charge < -0.3 is 14.6 Å². The van der Waals surface area contributed by atoms with Crippen molar-refractivity contribution in [1.82, 2.24) is 14.2 Å². The summed E-state index contributed by atoms with van der Waals surface area (Å²) < 4.78 is 34.9. The van der Waals surface area contributed by atoms with Gasteiger partial charge in [0.2, 0.25) is 15.9 Å². The molecule has 8 heteroatoms. The topological polar surface area (TPSA) is 80.6 Å². The molecule has 1 N–H and O–H groups in total. The molecule has 1 aliphatic rings. The SMILES string of the molecule is COc1ccc2c(ccn2CC(=O)NCc2ccccc2S(=O)(=O)N2CCCCC2)c1. The van der Waals surface area contributed by atoms with E-state index < -0.39 is 10.0 Å². The number of sulfonamides is 1. The molecule has 1 aliphatic heterocycles. The van der Waals surface area contributed by atoms with Gasteiger partial charge in [0.25, 0.3) is 0 Å². The molecule has 3 aromatic rings. The van der Waals surface area contributed by atoms with Crippen LogP contribution in [0.25, 0.3) is 10.9 Å². The van der Waals surface area contributed by atoms with E-state index in [1.54, 1.807) is 35.7 Å². The Morgan fingerprint density at radius 2 is 1.84 bits per heavy atom. The fourth-order valence-corrected chi connectivity index (χ4v) is 5.73. The Labute approximate surface area is 182 Å². The van der Waals surface area contributed by atoms with Crippen LogP contribution in [0.3, 0.4) is 0 Å². The normalized spacial score (nSPS) is 15.1. The maximum atomic E-state index is 13.1. The number of methoxy groups -OCH3 is 1. The number of amides is 1.